The molecule has 0 aliphatic carbocycles. The number of likely N-dealkylation sites (N-methyl/N-ethyl adjacent to an activating group) is 1. The van der Waals surface area contributed by atoms with Gasteiger partial charge in [0.15, 0.2) is 0 Å². The van der Waals surface area contributed by atoms with Crippen LogP contribution < -0.4 is 5.32 Å². The minimum absolute atomic E-state index is 0. The number of rotatable bonds is 4. The van der Waals surface area contributed by atoms with Gasteiger partial charge in [-0.25, -0.2) is 4.68 Å². The predicted octanol–water partition coefficient (Wildman–Crippen LogP) is 2.17. The van der Waals surface area contributed by atoms with Crippen LogP contribution in [0.2, 0.25) is 0 Å². The molecule has 1 aromatic carbocycles. The maximum Gasteiger partial charge on any atom is 0.253 e. The molecule has 1 aromatic heterocycles. The zero-order chi connectivity index (χ0) is 18.0. The molecule has 0 spiro atoms. The normalized spacial score (nSPS) is 16.8. The van der Waals surface area contributed by atoms with Crippen LogP contribution in [0.1, 0.15) is 22.5 Å². The molecule has 1 fully saturated rings. The van der Waals surface area contributed by atoms with Crippen molar-refractivity contribution in [3.8, 4) is 5.69 Å². The molecule has 1 saturated heterocycles. The van der Waals surface area contributed by atoms with Crippen molar-refractivity contribution in [2.45, 2.75) is 33.4 Å². The number of benzene rings is 1. The molecule has 1 amide bonds. The van der Waals surface area contributed by atoms with E-state index in [9.17, 15) is 4.79 Å². The van der Waals surface area contributed by atoms with E-state index in [4.69, 9.17) is 9.84 Å². The lowest BCUT2D eigenvalue weighted by atomic mass is 10.1. The number of carbonyl (C=O) groups excluding carboxylic acids is 1. The van der Waals surface area contributed by atoms with Gasteiger partial charge in [0.25, 0.3) is 5.91 Å². The first-order chi connectivity index (χ1) is 12.0. The molecule has 1 N–H and O–H groups in total. The maximum absolute atomic E-state index is 12.6. The topological polar surface area (TPSA) is 59.4 Å². The van der Waals surface area contributed by atoms with Crippen LogP contribution >= 0.6 is 12.4 Å². The Kier molecular flexibility index (Phi) is 6.81. The number of amides is 1. The molecule has 6 nitrogen and oxygen atoms in total. The summed E-state index contributed by atoms with van der Waals surface area (Å²) in [6, 6.07) is 8.18. The number of para-hydroxylation sites is 1. The summed E-state index contributed by atoms with van der Waals surface area (Å²) in [7, 11) is 1.82. The summed E-state index contributed by atoms with van der Waals surface area (Å²) in [5.41, 5.74) is 5.34. The molecule has 1 aliphatic heterocycles. The van der Waals surface area contributed by atoms with Crippen LogP contribution in [0.3, 0.4) is 0 Å². The van der Waals surface area contributed by atoms with Crippen LogP contribution in [0, 0.1) is 20.8 Å². The van der Waals surface area contributed by atoms with Gasteiger partial charge in [0.2, 0.25) is 0 Å². The summed E-state index contributed by atoms with van der Waals surface area (Å²) in [4.78, 5) is 14.3. The van der Waals surface area contributed by atoms with Gasteiger partial charge in [-0.05, 0) is 32.4 Å². The number of nitrogens with one attached hydrogen (secondary N) is 1. The summed E-state index contributed by atoms with van der Waals surface area (Å²) in [6.07, 6.45) is -0.397. The van der Waals surface area contributed by atoms with Crippen molar-refractivity contribution >= 4 is 18.3 Å². The number of hydrogen-bond donors (Lipinski definition) is 1. The summed E-state index contributed by atoms with van der Waals surface area (Å²) in [5.74, 6) is 0.00893. The van der Waals surface area contributed by atoms with Crippen LogP contribution in [0.5, 0.6) is 0 Å². The van der Waals surface area contributed by atoms with Gasteiger partial charge < -0.3 is 15.0 Å². The van der Waals surface area contributed by atoms with Crippen molar-refractivity contribution in [1.82, 2.24) is 20.0 Å². The van der Waals surface area contributed by atoms with E-state index in [1.54, 1.807) is 4.90 Å². The highest BCUT2D eigenvalue weighted by molar-refractivity contribution is 5.85. The first-order valence-corrected chi connectivity index (χ1v) is 8.67. The summed E-state index contributed by atoms with van der Waals surface area (Å²) >= 11 is 0. The number of hydrogen-bond acceptors (Lipinski definition) is 4. The number of carbonyl (C=O) groups is 1. The lowest BCUT2D eigenvalue weighted by Crippen LogP contribution is -2.48. The smallest absolute Gasteiger partial charge is 0.253 e. The molecule has 1 unspecified atom stereocenters. The molecule has 0 bridgehead atoms. The van der Waals surface area contributed by atoms with Crippen LogP contribution in [0.4, 0.5) is 0 Å². The monoisotopic (exact) mass is 378 g/mol. The lowest BCUT2D eigenvalue weighted by Gasteiger charge is -2.27. The largest absolute Gasteiger partial charge is 0.366 e. The van der Waals surface area contributed by atoms with E-state index < -0.39 is 6.10 Å². The highest BCUT2D eigenvalue weighted by Gasteiger charge is 2.26. The molecular formula is C19H27ClN4O2. The minimum atomic E-state index is -0.397. The number of halogens is 1. The Balaban J connectivity index is 0.00000243. The van der Waals surface area contributed by atoms with E-state index in [1.807, 2.05) is 30.8 Å². The predicted molar refractivity (Wildman–Crippen MR) is 104 cm³/mol. The number of aryl methyl sites for hydroxylation is 2. The third-order valence-electron chi connectivity index (χ3n) is 4.76. The maximum atomic E-state index is 12.6. The molecule has 3 rings (SSSR count). The minimum Gasteiger partial charge on any atom is -0.366 e. The van der Waals surface area contributed by atoms with Crippen LogP contribution in [-0.4, -0.2) is 53.4 Å². The van der Waals surface area contributed by atoms with E-state index in [0.717, 1.165) is 29.2 Å². The van der Waals surface area contributed by atoms with Gasteiger partial charge in [-0.1, -0.05) is 18.2 Å². The Morgan fingerprint density at radius 2 is 2.08 bits per heavy atom. The SMILES string of the molecule is Cc1ccccc1-n1nc(C)c(CN(C)C(=O)C2CNCCO2)c1C.Cl. The Morgan fingerprint density at radius 1 is 1.35 bits per heavy atom. The molecule has 1 aliphatic rings. The number of aromatic nitrogens is 2. The first-order valence-electron chi connectivity index (χ1n) is 8.67. The fourth-order valence-corrected chi connectivity index (χ4v) is 3.22. The Labute approximate surface area is 160 Å². The van der Waals surface area contributed by atoms with Gasteiger partial charge in [0, 0.05) is 37.9 Å². The summed E-state index contributed by atoms with van der Waals surface area (Å²) in [5, 5.41) is 7.90. The number of morpholine rings is 1. The van der Waals surface area contributed by atoms with Crippen LogP contribution in [0.25, 0.3) is 5.69 Å². The van der Waals surface area contributed by atoms with E-state index >= 15 is 0 Å². The van der Waals surface area contributed by atoms with Gasteiger partial charge in [-0.2, -0.15) is 5.10 Å². The number of ether oxygens (including phenoxy) is 1. The molecule has 0 saturated carbocycles. The molecule has 7 heteroatoms. The average Bonchev–Trinajstić information content (AvgIpc) is 2.90. The average molecular weight is 379 g/mol. The van der Waals surface area contributed by atoms with Crippen molar-refractivity contribution in [3.63, 3.8) is 0 Å². The molecule has 1 atom stereocenters. The van der Waals surface area contributed by atoms with Crippen molar-refractivity contribution < 1.29 is 9.53 Å². The summed E-state index contributed by atoms with van der Waals surface area (Å²) in [6.45, 7) is 8.61. The zero-order valence-electron chi connectivity index (χ0n) is 15.8. The van der Waals surface area contributed by atoms with E-state index in [-0.39, 0.29) is 18.3 Å². The third kappa shape index (κ3) is 4.09. The second kappa shape index (κ2) is 8.66. The Hall–Kier alpha value is -1.89. The highest BCUT2D eigenvalue weighted by atomic mass is 35.5. The molecule has 26 heavy (non-hydrogen) atoms. The summed E-state index contributed by atoms with van der Waals surface area (Å²) < 4.78 is 7.54. The second-order valence-electron chi connectivity index (χ2n) is 6.61. The van der Waals surface area contributed by atoms with Crippen molar-refractivity contribution in [1.29, 1.82) is 0 Å². The van der Waals surface area contributed by atoms with E-state index in [1.165, 1.54) is 5.56 Å². The molecule has 2 heterocycles. The molecule has 0 radical (unpaired) electrons. The molecule has 2 aromatic rings. The van der Waals surface area contributed by atoms with Crippen molar-refractivity contribution in [2.75, 3.05) is 26.7 Å². The van der Waals surface area contributed by atoms with Gasteiger partial charge >= 0.3 is 0 Å². The van der Waals surface area contributed by atoms with Crippen LogP contribution in [0.15, 0.2) is 24.3 Å². The number of nitrogens with zero attached hydrogens (tertiary/aromatic N) is 3. The van der Waals surface area contributed by atoms with Crippen LogP contribution in [-0.2, 0) is 16.1 Å². The molecular weight excluding hydrogens is 352 g/mol. The van der Waals surface area contributed by atoms with Gasteiger partial charge in [-0.3, -0.25) is 4.79 Å². The van der Waals surface area contributed by atoms with Crippen molar-refractivity contribution in [3.05, 3.63) is 46.8 Å². The fraction of sp³-hybridized carbons (Fsp3) is 0.474. The second-order valence-corrected chi connectivity index (χ2v) is 6.61. The van der Waals surface area contributed by atoms with Crippen molar-refractivity contribution in [2.24, 2.45) is 0 Å². The lowest BCUT2D eigenvalue weighted by molar-refractivity contribution is -0.144. The Bertz CT molecular complexity index is 769. The highest BCUT2D eigenvalue weighted by Crippen LogP contribution is 2.21. The van der Waals surface area contributed by atoms with Gasteiger partial charge in [-0.15, -0.1) is 12.4 Å². The molecule has 142 valence electrons. The van der Waals surface area contributed by atoms with E-state index in [0.29, 0.717) is 19.7 Å². The quantitative estimate of drug-likeness (QED) is 0.885. The first kappa shape index (κ1) is 20.4. The Morgan fingerprint density at radius 3 is 2.73 bits per heavy atom. The van der Waals surface area contributed by atoms with Gasteiger partial charge in [0.1, 0.15) is 6.10 Å². The zero-order valence-corrected chi connectivity index (χ0v) is 16.6. The van der Waals surface area contributed by atoms with E-state index in [2.05, 4.69) is 31.3 Å². The third-order valence-corrected chi connectivity index (χ3v) is 4.76. The van der Waals surface area contributed by atoms with Gasteiger partial charge in [0.05, 0.1) is 18.0 Å². The fourth-order valence-electron chi connectivity index (χ4n) is 3.22. The standard InChI is InChI=1S/C19H26N4O2.ClH/c1-13-7-5-6-8-17(13)23-15(3)16(14(2)21-23)12-22(4)19(24)18-11-20-9-10-25-18;/h5-8,18,20H,9-12H2,1-4H3;1H.